The molecule has 6 nitrogen and oxygen atoms in total. The van der Waals surface area contributed by atoms with Gasteiger partial charge in [-0.1, -0.05) is 70.5 Å². The summed E-state index contributed by atoms with van der Waals surface area (Å²) in [6.45, 7) is 8.99. The third kappa shape index (κ3) is 4.49. The van der Waals surface area contributed by atoms with Gasteiger partial charge in [0.05, 0.1) is 23.3 Å². The van der Waals surface area contributed by atoms with Crippen LogP contribution in [-0.4, -0.2) is 34.7 Å². The lowest BCUT2D eigenvalue weighted by atomic mass is 9.52. The van der Waals surface area contributed by atoms with Crippen molar-refractivity contribution in [3.05, 3.63) is 140 Å². The monoisotopic (exact) mass is 600 g/mol. The van der Waals surface area contributed by atoms with Gasteiger partial charge < -0.3 is 14.9 Å². The molecule has 0 fully saturated rings. The van der Waals surface area contributed by atoms with E-state index in [1.165, 1.54) is 11.1 Å². The van der Waals surface area contributed by atoms with Crippen LogP contribution in [0.25, 0.3) is 0 Å². The minimum atomic E-state index is -0.979. The average molecular weight is 601 g/mol. The fourth-order valence-corrected chi connectivity index (χ4v) is 7.87. The first kappa shape index (κ1) is 29.0. The third-order valence-electron chi connectivity index (χ3n) is 10.0. The molecular formula is C39H36O6. The largest absolute Gasteiger partial charge is 0.478 e. The predicted octanol–water partition coefficient (Wildman–Crippen LogP) is 8.21. The van der Waals surface area contributed by atoms with E-state index >= 15 is 0 Å². The lowest BCUT2D eigenvalue weighted by Crippen LogP contribution is -2.36. The van der Waals surface area contributed by atoms with Crippen molar-refractivity contribution >= 4 is 17.9 Å². The highest BCUT2D eigenvalue weighted by Crippen LogP contribution is 2.64. The molecule has 45 heavy (non-hydrogen) atoms. The quantitative estimate of drug-likeness (QED) is 0.171. The minimum absolute atomic E-state index is 0.0923. The predicted molar refractivity (Wildman–Crippen MR) is 171 cm³/mol. The van der Waals surface area contributed by atoms with E-state index in [2.05, 4.69) is 39.0 Å². The number of carboxylic acids is 2. The minimum Gasteiger partial charge on any atom is -0.478 e. The molecule has 0 saturated carbocycles. The molecule has 0 unspecified atom stereocenters. The highest BCUT2D eigenvalue weighted by Gasteiger charge is 2.50. The second-order valence-electron chi connectivity index (χ2n) is 13.6. The van der Waals surface area contributed by atoms with Crippen LogP contribution < -0.4 is 0 Å². The van der Waals surface area contributed by atoms with Crippen LogP contribution in [0.5, 0.6) is 0 Å². The van der Waals surface area contributed by atoms with Crippen LogP contribution in [0.1, 0.15) is 145 Å². The number of carbonyl (C=O) groups excluding carboxylic acids is 1. The smallest absolute Gasteiger partial charge is 0.338 e. The Morgan fingerprint density at radius 1 is 0.600 bits per heavy atom. The van der Waals surface area contributed by atoms with Crippen molar-refractivity contribution in [2.45, 2.75) is 69.6 Å². The lowest BCUT2D eigenvalue weighted by molar-refractivity contribution is 0.0498. The van der Waals surface area contributed by atoms with Crippen molar-refractivity contribution in [3.8, 4) is 0 Å². The molecule has 0 spiro atoms. The zero-order valence-electron chi connectivity index (χ0n) is 25.9. The highest BCUT2D eigenvalue weighted by atomic mass is 16.5. The standard InChI is InChI=1S/C39H36O6/c1-5-6-15-45-38(44)22-9-13-26-30(18-22)33-24-11-7-20(36(40)41)16-28(24)32(26)35-25-12-8-21(37(42)43)17-29(25)34(33)27-14-10-23(19-31(27)35)39(2,3)4/h7-14,16-19,32-35H,5-6,15H2,1-4H3,(H,40,41)(H,42,43)/t32-,33-,34-,35-/m0/s1. The summed E-state index contributed by atoms with van der Waals surface area (Å²) >= 11 is 0. The first-order chi connectivity index (χ1) is 21.5. The van der Waals surface area contributed by atoms with E-state index in [1.807, 2.05) is 49.4 Å². The average Bonchev–Trinajstić information content (AvgIpc) is 3.00. The van der Waals surface area contributed by atoms with Crippen molar-refractivity contribution < 1.29 is 29.3 Å². The number of rotatable bonds is 6. The van der Waals surface area contributed by atoms with Crippen molar-refractivity contribution in [2.75, 3.05) is 6.61 Å². The fraction of sp³-hybridized carbons (Fsp3) is 0.308. The summed E-state index contributed by atoms with van der Waals surface area (Å²) in [5, 5.41) is 20.0. The van der Waals surface area contributed by atoms with Gasteiger partial charge in [-0.15, -0.1) is 0 Å². The summed E-state index contributed by atoms with van der Waals surface area (Å²) < 4.78 is 5.60. The van der Waals surface area contributed by atoms with Crippen LogP contribution in [0.2, 0.25) is 0 Å². The number of ether oxygens (including phenoxy) is 1. The van der Waals surface area contributed by atoms with Gasteiger partial charge in [0.2, 0.25) is 0 Å². The van der Waals surface area contributed by atoms with Crippen LogP contribution in [0.15, 0.2) is 72.8 Å². The van der Waals surface area contributed by atoms with Crippen LogP contribution in [0.4, 0.5) is 0 Å². The maximum Gasteiger partial charge on any atom is 0.338 e. The molecule has 6 aliphatic rings. The number of carboxylic acid groups (broad SMARTS) is 2. The number of benzene rings is 4. The van der Waals surface area contributed by atoms with Gasteiger partial charge in [0.1, 0.15) is 0 Å². The molecule has 4 atom stereocenters. The van der Waals surface area contributed by atoms with E-state index in [9.17, 15) is 24.6 Å². The zero-order valence-corrected chi connectivity index (χ0v) is 25.9. The fourth-order valence-electron chi connectivity index (χ4n) is 7.87. The Balaban J connectivity index is 1.54. The van der Waals surface area contributed by atoms with Gasteiger partial charge in [-0.05, 0) is 98.3 Å². The number of esters is 1. The Kier molecular flexibility index (Phi) is 6.73. The van der Waals surface area contributed by atoms with E-state index in [0.717, 1.165) is 51.8 Å². The topological polar surface area (TPSA) is 101 Å². The molecule has 6 heteroatoms. The van der Waals surface area contributed by atoms with Crippen LogP contribution in [0.3, 0.4) is 0 Å². The van der Waals surface area contributed by atoms with E-state index in [1.54, 1.807) is 12.1 Å². The normalized spacial score (nSPS) is 20.3. The Hall–Kier alpha value is -4.71. The number of unbranched alkanes of at least 4 members (excludes halogenated alkanes) is 1. The Morgan fingerprint density at radius 2 is 1.00 bits per heavy atom. The van der Waals surface area contributed by atoms with Crippen molar-refractivity contribution in [1.29, 1.82) is 0 Å². The van der Waals surface area contributed by atoms with Crippen LogP contribution in [-0.2, 0) is 10.2 Å². The molecule has 4 bridgehead atoms. The zero-order chi connectivity index (χ0) is 31.8. The van der Waals surface area contributed by atoms with Crippen molar-refractivity contribution in [3.63, 3.8) is 0 Å². The summed E-state index contributed by atoms with van der Waals surface area (Å²) in [6.07, 6.45) is 1.72. The maximum atomic E-state index is 13.2. The molecule has 228 valence electrons. The summed E-state index contributed by atoms with van der Waals surface area (Å²) in [7, 11) is 0. The lowest BCUT2D eigenvalue weighted by Gasteiger charge is -2.50. The Bertz CT molecular complexity index is 1910. The second kappa shape index (κ2) is 10.4. The van der Waals surface area contributed by atoms with E-state index in [-0.39, 0.29) is 46.2 Å². The molecule has 0 heterocycles. The Morgan fingerprint density at radius 3 is 1.42 bits per heavy atom. The van der Waals surface area contributed by atoms with Crippen LogP contribution >= 0.6 is 0 Å². The molecule has 0 aliphatic heterocycles. The van der Waals surface area contributed by atoms with Gasteiger partial charge in [0.25, 0.3) is 0 Å². The van der Waals surface area contributed by atoms with Crippen LogP contribution in [0, 0.1) is 0 Å². The molecule has 0 radical (unpaired) electrons. The van der Waals surface area contributed by atoms with Gasteiger partial charge in [0, 0.05) is 23.7 Å². The van der Waals surface area contributed by atoms with Gasteiger partial charge >= 0.3 is 17.9 Å². The molecule has 0 aromatic heterocycles. The number of hydrogen-bond acceptors (Lipinski definition) is 4. The first-order valence-electron chi connectivity index (χ1n) is 15.7. The first-order valence-corrected chi connectivity index (χ1v) is 15.7. The SMILES string of the molecule is CCCCOC(=O)c1ccc2c(c1)[C@@H]1c3ccc(C(=O)O)cc3[C@H]2[C@H]2c3ccc(C(=O)O)cc3[C@@H]1c1ccc(C(C)(C)C)cc12. The second-order valence-corrected chi connectivity index (χ2v) is 13.6. The molecule has 0 amide bonds. The summed E-state index contributed by atoms with van der Waals surface area (Å²) in [5.41, 5.74) is 10.5. The number of hydrogen-bond donors (Lipinski definition) is 2. The van der Waals surface area contributed by atoms with Crippen molar-refractivity contribution in [2.24, 2.45) is 0 Å². The Labute approximate surface area is 262 Å². The summed E-state index contributed by atoms with van der Waals surface area (Å²) in [4.78, 5) is 37.6. The van der Waals surface area contributed by atoms with Gasteiger partial charge in [-0.3, -0.25) is 0 Å². The van der Waals surface area contributed by atoms with Gasteiger partial charge in [0.15, 0.2) is 0 Å². The van der Waals surface area contributed by atoms with Gasteiger partial charge in [-0.2, -0.15) is 0 Å². The molecule has 10 rings (SSSR count). The number of aromatic carboxylic acids is 2. The molecule has 4 aromatic carbocycles. The highest BCUT2D eigenvalue weighted by molar-refractivity contribution is 5.91. The summed E-state index contributed by atoms with van der Waals surface area (Å²) in [5.74, 6) is -3.29. The summed E-state index contributed by atoms with van der Waals surface area (Å²) in [6, 6.07) is 23.4. The van der Waals surface area contributed by atoms with Gasteiger partial charge in [-0.25, -0.2) is 14.4 Å². The molecule has 0 saturated heterocycles. The molecular weight excluding hydrogens is 564 g/mol. The van der Waals surface area contributed by atoms with Crippen molar-refractivity contribution in [1.82, 2.24) is 0 Å². The molecule has 6 aliphatic carbocycles. The molecule has 2 N–H and O–H groups in total. The maximum absolute atomic E-state index is 13.2. The van der Waals surface area contributed by atoms with E-state index < -0.39 is 11.9 Å². The van der Waals surface area contributed by atoms with E-state index in [0.29, 0.717) is 12.2 Å². The van der Waals surface area contributed by atoms with E-state index in [4.69, 9.17) is 4.74 Å². The molecule has 4 aromatic rings. The third-order valence-corrected chi connectivity index (χ3v) is 10.0. The number of carbonyl (C=O) groups is 3.